The fraction of sp³-hybridized carbons (Fsp3) is 0.923. The van der Waals surface area contributed by atoms with Gasteiger partial charge in [0.05, 0.1) is 0 Å². The van der Waals surface area contributed by atoms with Crippen LogP contribution >= 0.6 is 11.8 Å². The summed E-state index contributed by atoms with van der Waals surface area (Å²) in [5, 5.41) is 4.31. The van der Waals surface area contributed by atoms with Crippen molar-refractivity contribution in [3.8, 4) is 0 Å². The van der Waals surface area contributed by atoms with Crippen LogP contribution in [0.4, 0.5) is 13.2 Å². The maximum Gasteiger partial charge on any atom is 0.389 e. The van der Waals surface area contributed by atoms with Crippen LogP contribution in [0.2, 0.25) is 0 Å². The van der Waals surface area contributed by atoms with Crippen LogP contribution in [-0.4, -0.2) is 29.2 Å². The van der Waals surface area contributed by atoms with Crippen molar-refractivity contribution >= 4 is 16.9 Å². The number of nitrogens with one attached hydrogen (secondary N) is 1. The molecule has 2 aliphatic rings. The second kappa shape index (κ2) is 5.94. The average molecular weight is 294 g/mol. The minimum Gasteiger partial charge on any atom is -0.359 e. The van der Waals surface area contributed by atoms with E-state index in [-0.39, 0.29) is 18.5 Å². The fourth-order valence-electron chi connectivity index (χ4n) is 2.96. The molecular weight excluding hydrogens is 273 g/mol. The number of aliphatic imine (C=N–C) groups is 1. The van der Waals surface area contributed by atoms with Gasteiger partial charge in [0.1, 0.15) is 0 Å². The summed E-state index contributed by atoms with van der Waals surface area (Å²) in [4.78, 5) is 4.27. The molecule has 0 amide bonds. The normalized spacial score (nSPS) is 33.9. The smallest absolute Gasteiger partial charge is 0.359 e. The van der Waals surface area contributed by atoms with E-state index in [2.05, 4.69) is 17.2 Å². The molecule has 1 N–H and O–H groups in total. The van der Waals surface area contributed by atoms with Crippen molar-refractivity contribution < 1.29 is 13.2 Å². The van der Waals surface area contributed by atoms with E-state index in [0.29, 0.717) is 0 Å². The predicted molar refractivity (Wildman–Crippen MR) is 73.5 cm³/mol. The SMILES string of the molecule is CC1CCCC2(CSC(=NCCCC(F)(F)F)N2)C1. The van der Waals surface area contributed by atoms with Gasteiger partial charge in [-0.15, -0.1) is 0 Å². The van der Waals surface area contributed by atoms with Gasteiger partial charge in [-0.05, 0) is 25.2 Å². The fourth-order valence-corrected chi connectivity index (χ4v) is 4.17. The first-order chi connectivity index (χ1) is 8.89. The number of thioether (sulfide) groups is 1. The quantitative estimate of drug-likeness (QED) is 0.796. The summed E-state index contributed by atoms with van der Waals surface area (Å²) >= 11 is 1.67. The molecule has 0 aromatic carbocycles. The van der Waals surface area contributed by atoms with Gasteiger partial charge in [0.15, 0.2) is 5.17 Å². The topological polar surface area (TPSA) is 24.4 Å². The maximum absolute atomic E-state index is 12.0. The van der Waals surface area contributed by atoms with E-state index in [1.807, 2.05) is 0 Å². The second-order valence-corrected chi connectivity index (χ2v) is 6.77. The van der Waals surface area contributed by atoms with Gasteiger partial charge < -0.3 is 5.32 Å². The number of alkyl halides is 3. The number of amidine groups is 1. The van der Waals surface area contributed by atoms with Gasteiger partial charge in [-0.3, -0.25) is 4.99 Å². The van der Waals surface area contributed by atoms with Gasteiger partial charge in [-0.1, -0.05) is 31.5 Å². The molecule has 1 saturated heterocycles. The molecular formula is C13H21F3N2S. The van der Waals surface area contributed by atoms with E-state index in [1.165, 1.54) is 12.8 Å². The Hall–Kier alpha value is -0.390. The standard InChI is InChI=1S/C13H21F3N2S/c1-10-4-2-5-12(8-10)9-19-11(18-12)17-7-3-6-13(14,15)16/h10H,2-9H2,1H3,(H,17,18). The molecule has 1 heterocycles. The lowest BCUT2D eigenvalue weighted by atomic mass is 9.78. The van der Waals surface area contributed by atoms with Crippen LogP contribution in [0.1, 0.15) is 45.4 Å². The third-order valence-electron chi connectivity index (χ3n) is 3.82. The van der Waals surface area contributed by atoms with Crippen molar-refractivity contribution in [3.05, 3.63) is 0 Å². The van der Waals surface area contributed by atoms with E-state index in [0.717, 1.165) is 29.7 Å². The first kappa shape index (κ1) is 15.0. The minimum absolute atomic E-state index is 0.0820. The van der Waals surface area contributed by atoms with Crippen LogP contribution in [0.3, 0.4) is 0 Å². The molecule has 110 valence electrons. The average Bonchev–Trinajstić information content (AvgIpc) is 2.66. The Morgan fingerprint density at radius 1 is 1.47 bits per heavy atom. The Labute approximate surface area is 116 Å². The van der Waals surface area contributed by atoms with Gasteiger partial charge in [-0.25, -0.2) is 0 Å². The van der Waals surface area contributed by atoms with Gasteiger partial charge in [-0.2, -0.15) is 13.2 Å². The summed E-state index contributed by atoms with van der Waals surface area (Å²) in [6.07, 6.45) is 0.113. The van der Waals surface area contributed by atoms with Crippen LogP contribution in [0.5, 0.6) is 0 Å². The number of halogens is 3. The van der Waals surface area contributed by atoms with E-state index in [1.54, 1.807) is 11.8 Å². The lowest BCUT2D eigenvalue weighted by molar-refractivity contribution is -0.134. The summed E-state index contributed by atoms with van der Waals surface area (Å²) in [5.41, 5.74) is 0.158. The van der Waals surface area contributed by atoms with E-state index in [4.69, 9.17) is 0 Å². The zero-order valence-corrected chi connectivity index (χ0v) is 12.0. The second-order valence-electron chi connectivity index (χ2n) is 5.80. The Morgan fingerprint density at radius 3 is 2.95 bits per heavy atom. The van der Waals surface area contributed by atoms with Crippen LogP contribution < -0.4 is 5.32 Å². The van der Waals surface area contributed by atoms with Crippen LogP contribution in [0.25, 0.3) is 0 Å². The molecule has 1 spiro atoms. The molecule has 1 saturated carbocycles. The molecule has 0 aromatic rings. The molecule has 1 aliphatic carbocycles. The highest BCUT2D eigenvalue weighted by molar-refractivity contribution is 8.14. The van der Waals surface area contributed by atoms with Crippen molar-refractivity contribution in [1.29, 1.82) is 0 Å². The first-order valence-corrected chi connectivity index (χ1v) is 7.89. The molecule has 1 aliphatic heterocycles. The molecule has 19 heavy (non-hydrogen) atoms. The molecule has 2 rings (SSSR count). The van der Waals surface area contributed by atoms with Crippen molar-refractivity contribution in [2.24, 2.45) is 10.9 Å². The monoisotopic (exact) mass is 294 g/mol. The summed E-state index contributed by atoms with van der Waals surface area (Å²) < 4.78 is 36.0. The summed E-state index contributed by atoms with van der Waals surface area (Å²) in [6, 6.07) is 0. The van der Waals surface area contributed by atoms with E-state index >= 15 is 0 Å². The molecule has 0 bridgehead atoms. The van der Waals surface area contributed by atoms with Gasteiger partial charge in [0.25, 0.3) is 0 Å². The summed E-state index contributed by atoms with van der Waals surface area (Å²) in [5.74, 6) is 1.74. The Morgan fingerprint density at radius 2 is 2.26 bits per heavy atom. The number of nitrogens with zero attached hydrogens (tertiary/aromatic N) is 1. The number of hydrogen-bond acceptors (Lipinski definition) is 2. The minimum atomic E-state index is -4.06. The highest BCUT2D eigenvalue weighted by Crippen LogP contribution is 2.38. The van der Waals surface area contributed by atoms with Gasteiger partial charge >= 0.3 is 6.18 Å². The number of hydrogen-bond donors (Lipinski definition) is 1. The molecule has 0 radical (unpaired) electrons. The van der Waals surface area contributed by atoms with Crippen LogP contribution in [0.15, 0.2) is 4.99 Å². The Kier molecular flexibility index (Phi) is 4.69. The first-order valence-electron chi connectivity index (χ1n) is 6.91. The predicted octanol–water partition coefficient (Wildman–Crippen LogP) is 3.97. The number of rotatable bonds is 3. The highest BCUT2D eigenvalue weighted by Gasteiger charge is 2.40. The molecule has 2 atom stereocenters. The third-order valence-corrected chi connectivity index (χ3v) is 5.02. The van der Waals surface area contributed by atoms with Crippen molar-refractivity contribution in [3.63, 3.8) is 0 Å². The van der Waals surface area contributed by atoms with Gasteiger partial charge in [0, 0.05) is 24.3 Å². The van der Waals surface area contributed by atoms with Crippen molar-refractivity contribution in [2.45, 2.75) is 57.2 Å². The lowest BCUT2D eigenvalue weighted by Gasteiger charge is -2.36. The third kappa shape index (κ3) is 4.58. The summed E-state index contributed by atoms with van der Waals surface area (Å²) in [6.45, 7) is 2.53. The Bertz CT molecular complexity index is 343. The highest BCUT2D eigenvalue weighted by atomic mass is 32.2. The lowest BCUT2D eigenvalue weighted by Crippen LogP contribution is -2.47. The molecule has 0 aromatic heterocycles. The van der Waals surface area contributed by atoms with Crippen molar-refractivity contribution in [2.75, 3.05) is 12.3 Å². The molecule has 2 nitrogen and oxygen atoms in total. The van der Waals surface area contributed by atoms with Crippen LogP contribution in [0, 0.1) is 5.92 Å². The molecule has 2 unspecified atom stereocenters. The molecule has 6 heteroatoms. The maximum atomic E-state index is 12.0. The zero-order valence-electron chi connectivity index (χ0n) is 11.2. The van der Waals surface area contributed by atoms with E-state index < -0.39 is 12.6 Å². The van der Waals surface area contributed by atoms with Crippen molar-refractivity contribution in [1.82, 2.24) is 5.32 Å². The Balaban J connectivity index is 1.78. The summed E-state index contributed by atoms with van der Waals surface area (Å²) in [7, 11) is 0. The largest absolute Gasteiger partial charge is 0.389 e. The zero-order chi connectivity index (χ0) is 13.9. The van der Waals surface area contributed by atoms with E-state index in [9.17, 15) is 13.2 Å². The molecule has 2 fully saturated rings. The van der Waals surface area contributed by atoms with Gasteiger partial charge in [0.2, 0.25) is 0 Å². The van der Waals surface area contributed by atoms with Crippen LogP contribution in [-0.2, 0) is 0 Å².